The average molecular weight is 314 g/mol. The van der Waals surface area contributed by atoms with E-state index in [4.69, 9.17) is 4.74 Å². The summed E-state index contributed by atoms with van der Waals surface area (Å²) in [5.41, 5.74) is 1.25. The maximum Gasteiger partial charge on any atom is 0.415 e. The molecule has 2 rings (SSSR count). The van der Waals surface area contributed by atoms with Crippen molar-refractivity contribution in [1.82, 2.24) is 4.98 Å². The Morgan fingerprint density at radius 3 is 2.39 bits per heavy atom. The molecular weight excluding hydrogens is 296 g/mol. The molecule has 0 unspecified atom stereocenters. The van der Waals surface area contributed by atoms with Crippen LogP contribution in [0, 0.1) is 0 Å². The van der Waals surface area contributed by atoms with E-state index < -0.39 is 18.1 Å². The molecule has 0 radical (unpaired) electrons. The molecule has 120 valence electrons. The van der Waals surface area contributed by atoms with Gasteiger partial charge in [-0.3, -0.25) is 9.88 Å². The zero-order valence-corrected chi connectivity index (χ0v) is 12.8. The number of carbonyl (C=O) groups is 2. The molecule has 0 fully saturated rings. The number of hydrogen-bond acceptors (Lipinski definition) is 4. The molecule has 1 aromatic heterocycles. The number of ether oxygens (including phenoxy) is 1. The van der Waals surface area contributed by atoms with Gasteiger partial charge >= 0.3 is 12.1 Å². The standard InChI is InChI=1S/C17H18N2O4/c1-2-23-17(22)19(14-8-10-18-11-9-14)15(16(20)21)12-13-6-4-3-5-7-13/h3-11,15H,2,12H2,1H3,(H,20,21)/t15-/m0/s1. The van der Waals surface area contributed by atoms with Crippen molar-refractivity contribution < 1.29 is 19.4 Å². The molecule has 6 heteroatoms. The molecule has 0 spiro atoms. The van der Waals surface area contributed by atoms with Crippen LogP contribution in [0.4, 0.5) is 10.5 Å². The SMILES string of the molecule is CCOC(=O)N(c1ccncc1)[C@@H](Cc1ccccc1)C(=O)O. The lowest BCUT2D eigenvalue weighted by molar-refractivity contribution is -0.138. The molecule has 1 amide bonds. The van der Waals surface area contributed by atoms with Crippen molar-refractivity contribution in [3.05, 3.63) is 60.4 Å². The van der Waals surface area contributed by atoms with Crippen molar-refractivity contribution in [3.8, 4) is 0 Å². The van der Waals surface area contributed by atoms with Gasteiger partial charge in [0.2, 0.25) is 0 Å². The molecule has 0 aliphatic carbocycles. The highest BCUT2D eigenvalue weighted by molar-refractivity contribution is 5.95. The average Bonchev–Trinajstić information content (AvgIpc) is 2.56. The second-order valence-corrected chi connectivity index (χ2v) is 4.82. The molecule has 1 N–H and O–H groups in total. The highest BCUT2D eigenvalue weighted by atomic mass is 16.6. The molecule has 1 atom stereocenters. The van der Waals surface area contributed by atoms with E-state index in [1.807, 2.05) is 30.3 Å². The number of carboxylic acid groups (broad SMARTS) is 1. The van der Waals surface area contributed by atoms with Crippen LogP contribution < -0.4 is 4.90 Å². The van der Waals surface area contributed by atoms with E-state index in [9.17, 15) is 14.7 Å². The van der Waals surface area contributed by atoms with Crippen molar-refractivity contribution in [2.45, 2.75) is 19.4 Å². The molecule has 0 saturated heterocycles. The van der Waals surface area contributed by atoms with Crippen molar-refractivity contribution in [3.63, 3.8) is 0 Å². The minimum atomic E-state index is -1.10. The number of aromatic nitrogens is 1. The Bertz CT molecular complexity index is 646. The predicted octanol–water partition coefficient (Wildman–Crippen LogP) is 2.74. The fourth-order valence-electron chi connectivity index (χ4n) is 2.24. The number of aliphatic carboxylic acids is 1. The Hall–Kier alpha value is -2.89. The molecule has 0 saturated carbocycles. The smallest absolute Gasteiger partial charge is 0.415 e. The normalized spacial score (nSPS) is 11.5. The van der Waals surface area contributed by atoms with E-state index in [2.05, 4.69) is 4.98 Å². The maximum atomic E-state index is 12.3. The minimum absolute atomic E-state index is 0.165. The molecule has 0 bridgehead atoms. The lowest BCUT2D eigenvalue weighted by atomic mass is 10.0. The number of hydrogen-bond donors (Lipinski definition) is 1. The summed E-state index contributed by atoms with van der Waals surface area (Å²) >= 11 is 0. The van der Waals surface area contributed by atoms with Gasteiger partial charge in [-0.1, -0.05) is 30.3 Å². The molecule has 1 aromatic carbocycles. The van der Waals surface area contributed by atoms with E-state index >= 15 is 0 Å². The predicted molar refractivity (Wildman–Crippen MR) is 85.3 cm³/mol. The first-order valence-corrected chi connectivity index (χ1v) is 7.26. The fourth-order valence-corrected chi connectivity index (χ4v) is 2.24. The van der Waals surface area contributed by atoms with Gasteiger partial charge < -0.3 is 9.84 Å². The first-order chi connectivity index (χ1) is 11.1. The molecule has 0 aliphatic heterocycles. The van der Waals surface area contributed by atoms with Crippen LogP contribution in [0.2, 0.25) is 0 Å². The third-order valence-electron chi connectivity index (χ3n) is 3.27. The van der Waals surface area contributed by atoms with Gasteiger partial charge in [0, 0.05) is 18.8 Å². The number of nitrogens with zero attached hydrogens (tertiary/aromatic N) is 2. The molecule has 1 heterocycles. The van der Waals surface area contributed by atoms with Crippen LogP contribution in [0.1, 0.15) is 12.5 Å². The van der Waals surface area contributed by atoms with E-state index in [0.29, 0.717) is 5.69 Å². The lowest BCUT2D eigenvalue weighted by Crippen LogP contribution is -2.47. The van der Waals surface area contributed by atoms with E-state index in [0.717, 1.165) is 10.5 Å². The third-order valence-corrected chi connectivity index (χ3v) is 3.27. The summed E-state index contributed by atoms with van der Waals surface area (Å²) in [4.78, 5) is 29.1. The van der Waals surface area contributed by atoms with Crippen molar-refractivity contribution in [2.24, 2.45) is 0 Å². The number of anilines is 1. The van der Waals surface area contributed by atoms with Crippen LogP contribution in [-0.2, 0) is 16.0 Å². The van der Waals surface area contributed by atoms with Crippen LogP contribution in [0.3, 0.4) is 0 Å². The summed E-state index contributed by atoms with van der Waals surface area (Å²) in [7, 11) is 0. The summed E-state index contributed by atoms with van der Waals surface area (Å²) in [6.45, 7) is 1.84. The number of carboxylic acids is 1. The van der Waals surface area contributed by atoms with Gasteiger partial charge in [0.15, 0.2) is 0 Å². The minimum Gasteiger partial charge on any atom is -0.480 e. The van der Waals surface area contributed by atoms with E-state index in [-0.39, 0.29) is 13.0 Å². The second-order valence-electron chi connectivity index (χ2n) is 4.82. The largest absolute Gasteiger partial charge is 0.480 e. The molecular formula is C17H18N2O4. The Labute approximate surface area is 134 Å². The number of amides is 1. The van der Waals surface area contributed by atoms with Crippen molar-refractivity contribution >= 4 is 17.7 Å². The highest BCUT2D eigenvalue weighted by Gasteiger charge is 2.32. The summed E-state index contributed by atoms with van der Waals surface area (Å²) in [5, 5.41) is 9.62. The van der Waals surface area contributed by atoms with Crippen LogP contribution >= 0.6 is 0 Å². The summed E-state index contributed by atoms with van der Waals surface area (Å²) < 4.78 is 5.03. The number of carbonyl (C=O) groups excluding carboxylic acids is 1. The van der Waals surface area contributed by atoms with Gasteiger partial charge in [0.1, 0.15) is 6.04 Å². The zero-order valence-electron chi connectivity index (χ0n) is 12.8. The van der Waals surface area contributed by atoms with Gasteiger partial charge in [-0.2, -0.15) is 0 Å². The highest BCUT2D eigenvalue weighted by Crippen LogP contribution is 2.20. The summed E-state index contributed by atoms with van der Waals surface area (Å²) in [6.07, 6.45) is 2.49. The monoisotopic (exact) mass is 314 g/mol. The Morgan fingerprint density at radius 2 is 1.83 bits per heavy atom. The molecule has 0 aliphatic rings. The number of rotatable bonds is 6. The van der Waals surface area contributed by atoms with Gasteiger partial charge in [-0.25, -0.2) is 9.59 Å². The molecule has 6 nitrogen and oxygen atoms in total. The maximum absolute atomic E-state index is 12.3. The van der Waals surface area contributed by atoms with Crippen LogP contribution in [0.5, 0.6) is 0 Å². The zero-order chi connectivity index (χ0) is 16.7. The lowest BCUT2D eigenvalue weighted by Gasteiger charge is -2.28. The van der Waals surface area contributed by atoms with Crippen molar-refractivity contribution in [1.29, 1.82) is 0 Å². The van der Waals surface area contributed by atoms with Crippen LogP contribution in [0.15, 0.2) is 54.9 Å². The van der Waals surface area contributed by atoms with Gasteiger partial charge in [-0.15, -0.1) is 0 Å². The van der Waals surface area contributed by atoms with Gasteiger partial charge in [0.05, 0.1) is 12.3 Å². The first kappa shape index (κ1) is 16.5. The topological polar surface area (TPSA) is 79.7 Å². The summed E-state index contributed by atoms with van der Waals surface area (Å²) in [6, 6.07) is 11.3. The van der Waals surface area contributed by atoms with E-state index in [1.165, 1.54) is 12.4 Å². The van der Waals surface area contributed by atoms with Gasteiger partial charge in [-0.05, 0) is 24.6 Å². The fraction of sp³-hybridized carbons (Fsp3) is 0.235. The number of pyridine rings is 1. The van der Waals surface area contributed by atoms with Crippen LogP contribution in [0.25, 0.3) is 0 Å². The first-order valence-electron chi connectivity index (χ1n) is 7.26. The van der Waals surface area contributed by atoms with Crippen molar-refractivity contribution in [2.75, 3.05) is 11.5 Å². The van der Waals surface area contributed by atoms with Gasteiger partial charge in [0.25, 0.3) is 0 Å². The second kappa shape index (κ2) is 7.93. The Balaban J connectivity index is 2.36. The third kappa shape index (κ3) is 4.29. The Kier molecular flexibility index (Phi) is 5.68. The molecule has 2 aromatic rings. The quantitative estimate of drug-likeness (QED) is 0.887. The van der Waals surface area contributed by atoms with Crippen LogP contribution in [-0.4, -0.2) is 34.8 Å². The Morgan fingerprint density at radius 1 is 1.17 bits per heavy atom. The summed E-state index contributed by atoms with van der Waals surface area (Å²) in [5.74, 6) is -1.10. The van der Waals surface area contributed by atoms with E-state index in [1.54, 1.807) is 19.1 Å². The molecule has 23 heavy (non-hydrogen) atoms. The number of benzene rings is 1.